The molecule has 24 heavy (non-hydrogen) atoms. The summed E-state index contributed by atoms with van der Waals surface area (Å²) >= 11 is 0. The molecule has 0 saturated heterocycles. The van der Waals surface area contributed by atoms with Gasteiger partial charge in [-0.05, 0) is 24.3 Å². The zero-order chi connectivity index (χ0) is 16.7. The Balaban J connectivity index is 1.73. The number of nitro benzene ring substituents is 1. The van der Waals surface area contributed by atoms with Gasteiger partial charge in [0.1, 0.15) is 5.52 Å². The number of aromatic nitrogens is 5. The molecule has 0 spiro atoms. The Hall–Kier alpha value is -3.62. The van der Waals surface area contributed by atoms with Crippen LogP contribution in [0.4, 0.5) is 5.69 Å². The Morgan fingerprint density at radius 2 is 2.04 bits per heavy atom. The topological polar surface area (TPSA) is 113 Å². The van der Waals surface area contributed by atoms with Gasteiger partial charge in [-0.2, -0.15) is 4.98 Å². The Labute approximate surface area is 134 Å². The van der Waals surface area contributed by atoms with Gasteiger partial charge in [0.25, 0.3) is 11.6 Å². The van der Waals surface area contributed by atoms with E-state index in [9.17, 15) is 10.1 Å². The van der Waals surface area contributed by atoms with Crippen molar-refractivity contribution in [2.75, 3.05) is 0 Å². The molecule has 118 valence electrons. The summed E-state index contributed by atoms with van der Waals surface area (Å²) in [7, 11) is 1.81. The maximum Gasteiger partial charge on any atom is 0.270 e. The van der Waals surface area contributed by atoms with Crippen molar-refractivity contribution in [3.05, 3.63) is 52.6 Å². The molecule has 0 saturated carbocycles. The molecule has 0 bridgehead atoms. The predicted octanol–water partition coefficient (Wildman–Crippen LogP) is 2.59. The highest BCUT2D eigenvalue weighted by Gasteiger charge is 2.14. The largest absolute Gasteiger partial charge is 0.334 e. The second kappa shape index (κ2) is 5.23. The van der Waals surface area contributed by atoms with Gasteiger partial charge < -0.3 is 4.52 Å². The number of hydrogen-bond acceptors (Lipinski definition) is 7. The fourth-order valence-corrected chi connectivity index (χ4v) is 2.39. The molecule has 4 aromatic rings. The Bertz CT molecular complexity index is 1070. The Morgan fingerprint density at radius 3 is 2.88 bits per heavy atom. The van der Waals surface area contributed by atoms with Gasteiger partial charge in [-0.15, -0.1) is 5.10 Å². The second-order valence-corrected chi connectivity index (χ2v) is 5.15. The van der Waals surface area contributed by atoms with Crippen LogP contribution in [0.1, 0.15) is 0 Å². The van der Waals surface area contributed by atoms with E-state index in [0.29, 0.717) is 11.4 Å². The van der Waals surface area contributed by atoms with Crippen molar-refractivity contribution in [3.63, 3.8) is 0 Å². The number of fused-ring (bicyclic) bond motifs is 1. The normalized spacial score (nSPS) is 11.0. The lowest BCUT2D eigenvalue weighted by Crippen LogP contribution is -1.89. The van der Waals surface area contributed by atoms with E-state index in [1.807, 2.05) is 25.2 Å². The summed E-state index contributed by atoms with van der Waals surface area (Å²) in [5, 5.41) is 22.8. The van der Waals surface area contributed by atoms with Crippen LogP contribution in [0.3, 0.4) is 0 Å². The van der Waals surface area contributed by atoms with Gasteiger partial charge in [0.05, 0.1) is 10.4 Å². The lowest BCUT2D eigenvalue weighted by molar-refractivity contribution is -0.384. The van der Waals surface area contributed by atoms with Crippen molar-refractivity contribution in [3.8, 4) is 22.8 Å². The zero-order valence-electron chi connectivity index (χ0n) is 12.4. The van der Waals surface area contributed by atoms with Gasteiger partial charge in [0.2, 0.25) is 5.82 Å². The third kappa shape index (κ3) is 2.28. The first-order valence-corrected chi connectivity index (χ1v) is 7.00. The van der Waals surface area contributed by atoms with Gasteiger partial charge in [-0.1, -0.05) is 16.4 Å². The minimum Gasteiger partial charge on any atom is -0.334 e. The molecule has 0 aliphatic rings. The van der Waals surface area contributed by atoms with E-state index in [4.69, 9.17) is 4.52 Å². The van der Waals surface area contributed by atoms with Crippen LogP contribution in [-0.4, -0.2) is 30.1 Å². The van der Waals surface area contributed by atoms with Crippen LogP contribution < -0.4 is 0 Å². The highest BCUT2D eigenvalue weighted by Crippen LogP contribution is 2.26. The molecule has 0 amide bonds. The van der Waals surface area contributed by atoms with E-state index >= 15 is 0 Å². The first-order valence-electron chi connectivity index (χ1n) is 7.00. The molecular formula is C15H10N6O3. The molecule has 0 aliphatic heterocycles. The van der Waals surface area contributed by atoms with Gasteiger partial charge in [-0.25, -0.2) is 4.68 Å². The van der Waals surface area contributed by atoms with Crippen LogP contribution in [0.5, 0.6) is 0 Å². The van der Waals surface area contributed by atoms with Crippen LogP contribution in [-0.2, 0) is 7.05 Å². The smallest absolute Gasteiger partial charge is 0.270 e. The van der Waals surface area contributed by atoms with Gasteiger partial charge in [-0.3, -0.25) is 10.1 Å². The first kappa shape index (κ1) is 14.0. The maximum atomic E-state index is 10.9. The summed E-state index contributed by atoms with van der Waals surface area (Å²) in [6.07, 6.45) is 0. The summed E-state index contributed by atoms with van der Waals surface area (Å²) in [6.45, 7) is 0. The minimum absolute atomic E-state index is 0.0340. The molecule has 0 radical (unpaired) electrons. The molecule has 0 fully saturated rings. The summed E-state index contributed by atoms with van der Waals surface area (Å²) in [6, 6.07) is 11.6. The fourth-order valence-electron chi connectivity index (χ4n) is 2.39. The van der Waals surface area contributed by atoms with E-state index in [0.717, 1.165) is 16.6 Å². The minimum atomic E-state index is -0.469. The molecule has 9 nitrogen and oxygen atoms in total. The van der Waals surface area contributed by atoms with Gasteiger partial charge in [0.15, 0.2) is 0 Å². The number of non-ortho nitro benzene ring substituents is 1. The Morgan fingerprint density at radius 1 is 1.17 bits per heavy atom. The average Bonchev–Trinajstić information content (AvgIpc) is 3.22. The van der Waals surface area contributed by atoms with Crippen molar-refractivity contribution in [2.24, 2.45) is 7.05 Å². The standard InChI is InChI=1S/C15H10N6O3/c1-20-13-6-5-9(8-12(13)17-19-20)14-16-15(24-18-14)10-3-2-4-11(7-10)21(22)23/h2-8H,1H3. The molecule has 0 atom stereocenters. The zero-order valence-corrected chi connectivity index (χ0v) is 12.4. The Kier molecular flexibility index (Phi) is 3.05. The monoisotopic (exact) mass is 322 g/mol. The molecule has 0 unspecified atom stereocenters. The van der Waals surface area contributed by atoms with E-state index in [-0.39, 0.29) is 11.6 Å². The molecule has 0 aliphatic carbocycles. The molecule has 2 heterocycles. The number of rotatable bonds is 3. The van der Waals surface area contributed by atoms with Gasteiger partial charge in [0, 0.05) is 30.3 Å². The fraction of sp³-hybridized carbons (Fsp3) is 0.0667. The van der Waals surface area contributed by atoms with Crippen molar-refractivity contribution in [1.29, 1.82) is 0 Å². The highest BCUT2D eigenvalue weighted by molar-refractivity contribution is 5.80. The predicted molar refractivity (Wildman–Crippen MR) is 83.9 cm³/mol. The summed E-state index contributed by atoms with van der Waals surface area (Å²) in [4.78, 5) is 14.7. The summed E-state index contributed by atoms with van der Waals surface area (Å²) in [5.74, 6) is 0.594. The van der Waals surface area contributed by atoms with Crippen molar-refractivity contribution in [1.82, 2.24) is 25.1 Å². The van der Waals surface area contributed by atoms with E-state index in [2.05, 4.69) is 20.5 Å². The molecule has 2 aromatic carbocycles. The first-order chi connectivity index (χ1) is 11.6. The lowest BCUT2D eigenvalue weighted by atomic mass is 10.2. The second-order valence-electron chi connectivity index (χ2n) is 5.15. The van der Waals surface area contributed by atoms with E-state index in [1.165, 1.54) is 12.1 Å². The van der Waals surface area contributed by atoms with Crippen molar-refractivity contribution >= 4 is 16.7 Å². The molecule has 9 heteroatoms. The van der Waals surface area contributed by atoms with E-state index < -0.39 is 4.92 Å². The van der Waals surface area contributed by atoms with Crippen LogP contribution in [0.25, 0.3) is 33.9 Å². The van der Waals surface area contributed by atoms with Crippen LogP contribution in [0.2, 0.25) is 0 Å². The summed E-state index contributed by atoms with van der Waals surface area (Å²) < 4.78 is 6.90. The highest BCUT2D eigenvalue weighted by atomic mass is 16.6. The molecule has 2 aromatic heterocycles. The van der Waals surface area contributed by atoms with Crippen LogP contribution in [0, 0.1) is 10.1 Å². The number of nitro groups is 1. The lowest BCUT2D eigenvalue weighted by Gasteiger charge is -1.95. The summed E-state index contributed by atoms with van der Waals surface area (Å²) in [5.41, 5.74) is 2.79. The number of benzene rings is 2. The quantitative estimate of drug-likeness (QED) is 0.421. The maximum absolute atomic E-state index is 10.9. The van der Waals surface area contributed by atoms with Crippen molar-refractivity contribution < 1.29 is 9.45 Å². The van der Waals surface area contributed by atoms with E-state index in [1.54, 1.807) is 16.8 Å². The SMILES string of the molecule is Cn1nnc2cc(-c3noc(-c4cccc([N+](=O)[O-])c4)n3)ccc21. The number of nitrogens with zero attached hydrogens (tertiary/aromatic N) is 6. The average molecular weight is 322 g/mol. The molecular weight excluding hydrogens is 312 g/mol. The molecule has 0 N–H and O–H groups in total. The third-order valence-electron chi connectivity index (χ3n) is 3.60. The van der Waals surface area contributed by atoms with Gasteiger partial charge >= 0.3 is 0 Å². The molecule has 4 rings (SSSR count). The number of aryl methyl sites for hydroxylation is 1. The van der Waals surface area contributed by atoms with Crippen molar-refractivity contribution in [2.45, 2.75) is 0 Å². The van der Waals surface area contributed by atoms with Crippen LogP contribution >= 0.6 is 0 Å². The third-order valence-corrected chi connectivity index (χ3v) is 3.60. The van der Waals surface area contributed by atoms with Crippen LogP contribution in [0.15, 0.2) is 47.0 Å². The number of hydrogen-bond donors (Lipinski definition) is 0.